The van der Waals surface area contributed by atoms with Crippen molar-refractivity contribution in [2.45, 2.75) is 20.0 Å². The van der Waals surface area contributed by atoms with Crippen molar-refractivity contribution in [1.29, 1.82) is 0 Å². The number of hydrogen-bond donors (Lipinski definition) is 3. The second-order valence-electron chi connectivity index (χ2n) is 4.81. The molecule has 0 unspecified atom stereocenters. The van der Waals surface area contributed by atoms with E-state index in [1.807, 2.05) is 5.32 Å². The van der Waals surface area contributed by atoms with Crippen LogP contribution in [-0.2, 0) is 14.3 Å². The van der Waals surface area contributed by atoms with E-state index in [0.29, 0.717) is 12.4 Å². The first-order valence-corrected chi connectivity index (χ1v) is 7.61. The Morgan fingerprint density at radius 2 is 1.84 bits per heavy atom. The molecule has 1 aromatic carbocycles. The van der Waals surface area contributed by atoms with E-state index in [1.165, 1.54) is 14.0 Å². The molecule has 0 heterocycles. The fourth-order valence-electron chi connectivity index (χ4n) is 1.75. The molecule has 25 heavy (non-hydrogen) atoms. The number of rotatable bonds is 7. The summed E-state index contributed by atoms with van der Waals surface area (Å²) in [7, 11) is 1.34. The number of amides is 4. The zero-order valence-corrected chi connectivity index (χ0v) is 14.3. The normalized spacial score (nSPS) is 11.0. The number of nitrogens with one attached hydrogen (secondary N) is 3. The molecule has 0 aromatic heterocycles. The first-order chi connectivity index (χ1) is 11.9. The molecule has 3 N–H and O–H groups in total. The highest BCUT2D eigenvalue weighted by atomic mass is 16.5. The molecular formula is C16H21N3O6. The van der Waals surface area contributed by atoms with Crippen LogP contribution in [0.2, 0.25) is 0 Å². The van der Waals surface area contributed by atoms with Crippen LogP contribution in [0.4, 0.5) is 4.79 Å². The lowest BCUT2D eigenvalue weighted by Crippen LogP contribution is -2.44. The van der Waals surface area contributed by atoms with Gasteiger partial charge in [0.25, 0.3) is 11.8 Å². The molecule has 0 radical (unpaired) electrons. The van der Waals surface area contributed by atoms with Gasteiger partial charge < -0.3 is 20.1 Å². The minimum absolute atomic E-state index is 0.280. The van der Waals surface area contributed by atoms with Gasteiger partial charge in [0.05, 0.1) is 12.2 Å². The van der Waals surface area contributed by atoms with Gasteiger partial charge in [-0.2, -0.15) is 0 Å². The van der Waals surface area contributed by atoms with Crippen LogP contribution < -0.4 is 20.7 Å². The lowest BCUT2D eigenvalue weighted by Gasteiger charge is -2.13. The predicted molar refractivity (Wildman–Crippen MR) is 88.1 cm³/mol. The standard InChI is InChI=1S/C16H21N3O6/c1-4-24-12-8-6-5-7-11(12)15(22)18-9-13(20)25-10(2)14(21)19-16(23)17-3/h5-8,10H,4,9H2,1-3H3,(H,18,22)(H2,17,19,21,23)/t10-/m1/s1. The highest BCUT2D eigenvalue weighted by Gasteiger charge is 2.20. The Morgan fingerprint density at radius 3 is 2.48 bits per heavy atom. The third kappa shape index (κ3) is 6.50. The van der Waals surface area contributed by atoms with Crippen LogP contribution in [0.3, 0.4) is 0 Å². The summed E-state index contributed by atoms with van der Waals surface area (Å²) in [5.41, 5.74) is 0.280. The molecule has 0 aliphatic heterocycles. The van der Waals surface area contributed by atoms with Crippen LogP contribution in [0.15, 0.2) is 24.3 Å². The number of esters is 1. The van der Waals surface area contributed by atoms with Crippen molar-refractivity contribution in [1.82, 2.24) is 16.0 Å². The van der Waals surface area contributed by atoms with E-state index >= 15 is 0 Å². The molecule has 0 spiro atoms. The Morgan fingerprint density at radius 1 is 1.16 bits per heavy atom. The second kappa shape index (κ2) is 9.91. The van der Waals surface area contributed by atoms with Crippen molar-refractivity contribution in [3.05, 3.63) is 29.8 Å². The van der Waals surface area contributed by atoms with Crippen LogP contribution in [0.5, 0.6) is 5.75 Å². The van der Waals surface area contributed by atoms with Crippen molar-refractivity contribution >= 4 is 23.8 Å². The first kappa shape index (κ1) is 19.9. The van der Waals surface area contributed by atoms with E-state index in [0.717, 1.165) is 0 Å². The summed E-state index contributed by atoms with van der Waals surface area (Å²) in [5.74, 6) is -1.71. The van der Waals surface area contributed by atoms with E-state index in [4.69, 9.17) is 9.47 Å². The van der Waals surface area contributed by atoms with Crippen LogP contribution >= 0.6 is 0 Å². The Bertz CT molecular complexity index is 647. The number of hydrogen-bond acceptors (Lipinski definition) is 6. The van der Waals surface area contributed by atoms with Crippen LogP contribution in [-0.4, -0.2) is 50.1 Å². The topological polar surface area (TPSA) is 123 Å². The van der Waals surface area contributed by atoms with Gasteiger partial charge in [-0.25, -0.2) is 4.79 Å². The zero-order valence-electron chi connectivity index (χ0n) is 14.3. The fraction of sp³-hybridized carbons (Fsp3) is 0.375. The molecular weight excluding hydrogens is 330 g/mol. The Balaban J connectivity index is 2.52. The van der Waals surface area contributed by atoms with Crippen LogP contribution in [0, 0.1) is 0 Å². The van der Waals surface area contributed by atoms with Crippen molar-refractivity contribution in [3.63, 3.8) is 0 Å². The van der Waals surface area contributed by atoms with Crippen molar-refractivity contribution in [2.75, 3.05) is 20.2 Å². The molecule has 0 aliphatic rings. The third-order valence-electron chi connectivity index (χ3n) is 2.97. The Labute approximate surface area is 145 Å². The van der Waals surface area contributed by atoms with Crippen LogP contribution in [0.1, 0.15) is 24.2 Å². The average Bonchev–Trinajstić information content (AvgIpc) is 2.60. The molecule has 0 aliphatic carbocycles. The van der Waals surface area contributed by atoms with Gasteiger partial charge in [-0.3, -0.25) is 19.7 Å². The fourth-order valence-corrected chi connectivity index (χ4v) is 1.75. The zero-order chi connectivity index (χ0) is 18.8. The van der Waals surface area contributed by atoms with Crippen molar-refractivity contribution in [2.24, 2.45) is 0 Å². The quantitative estimate of drug-likeness (QED) is 0.603. The molecule has 9 heteroatoms. The maximum absolute atomic E-state index is 12.1. The average molecular weight is 351 g/mol. The SMILES string of the molecule is CCOc1ccccc1C(=O)NCC(=O)O[C@H](C)C(=O)NC(=O)NC. The van der Waals surface area contributed by atoms with Gasteiger partial charge >= 0.3 is 12.0 Å². The van der Waals surface area contributed by atoms with Gasteiger partial charge in [0.2, 0.25) is 0 Å². The van der Waals surface area contributed by atoms with Crippen molar-refractivity contribution in [3.8, 4) is 5.75 Å². The number of carbonyl (C=O) groups excluding carboxylic acids is 4. The van der Waals surface area contributed by atoms with Crippen LogP contribution in [0.25, 0.3) is 0 Å². The molecule has 0 fully saturated rings. The molecule has 1 rings (SSSR count). The molecule has 0 saturated heterocycles. The smallest absolute Gasteiger partial charge is 0.326 e. The number of imide groups is 1. The number of ether oxygens (including phenoxy) is 2. The van der Waals surface area contributed by atoms with Gasteiger partial charge in [-0.15, -0.1) is 0 Å². The summed E-state index contributed by atoms with van der Waals surface area (Å²) >= 11 is 0. The summed E-state index contributed by atoms with van der Waals surface area (Å²) < 4.78 is 10.2. The van der Waals surface area contributed by atoms with Gasteiger partial charge in [-0.1, -0.05) is 12.1 Å². The maximum Gasteiger partial charge on any atom is 0.326 e. The molecule has 0 saturated carbocycles. The largest absolute Gasteiger partial charge is 0.493 e. The highest BCUT2D eigenvalue weighted by molar-refractivity contribution is 5.99. The molecule has 1 aromatic rings. The summed E-state index contributed by atoms with van der Waals surface area (Å²) in [6, 6.07) is 5.88. The first-order valence-electron chi connectivity index (χ1n) is 7.61. The van der Waals surface area contributed by atoms with E-state index in [1.54, 1.807) is 31.2 Å². The number of benzene rings is 1. The minimum atomic E-state index is -1.18. The summed E-state index contributed by atoms with van der Waals surface area (Å²) in [6.45, 7) is 3.06. The minimum Gasteiger partial charge on any atom is -0.493 e. The van der Waals surface area contributed by atoms with E-state index < -0.39 is 36.5 Å². The van der Waals surface area contributed by atoms with Crippen molar-refractivity contribution < 1.29 is 28.7 Å². The van der Waals surface area contributed by atoms with Gasteiger partial charge in [0.15, 0.2) is 6.10 Å². The Hall–Kier alpha value is -3.10. The van der Waals surface area contributed by atoms with E-state index in [2.05, 4.69) is 10.6 Å². The summed E-state index contributed by atoms with van der Waals surface area (Å²) in [6.07, 6.45) is -1.18. The molecule has 0 bridgehead atoms. The molecule has 136 valence electrons. The highest BCUT2D eigenvalue weighted by Crippen LogP contribution is 2.17. The number of para-hydroxylation sites is 1. The Kier molecular flexibility index (Phi) is 7.91. The lowest BCUT2D eigenvalue weighted by atomic mass is 10.2. The monoisotopic (exact) mass is 351 g/mol. The molecule has 1 atom stereocenters. The number of urea groups is 1. The van der Waals surface area contributed by atoms with Gasteiger partial charge in [-0.05, 0) is 26.0 Å². The predicted octanol–water partition coefficient (Wildman–Crippen LogP) is 0.202. The number of carbonyl (C=O) groups is 4. The second-order valence-corrected chi connectivity index (χ2v) is 4.81. The van der Waals surface area contributed by atoms with E-state index in [-0.39, 0.29) is 5.56 Å². The third-order valence-corrected chi connectivity index (χ3v) is 2.97. The summed E-state index contributed by atoms with van der Waals surface area (Å²) in [4.78, 5) is 46.4. The van der Waals surface area contributed by atoms with Gasteiger partial charge in [0, 0.05) is 7.05 Å². The molecule has 4 amide bonds. The summed E-state index contributed by atoms with van der Waals surface area (Å²) in [5, 5.41) is 6.56. The maximum atomic E-state index is 12.1. The van der Waals surface area contributed by atoms with Gasteiger partial charge in [0.1, 0.15) is 12.3 Å². The van der Waals surface area contributed by atoms with E-state index in [9.17, 15) is 19.2 Å². The lowest BCUT2D eigenvalue weighted by molar-refractivity contribution is -0.153. The molecule has 9 nitrogen and oxygen atoms in total.